The molecule has 0 bridgehead atoms. The zero-order valence-electron chi connectivity index (χ0n) is 11.9. The molecule has 0 aromatic rings. The lowest BCUT2D eigenvalue weighted by atomic mass is 10.3. The molecule has 104 valence electrons. The minimum atomic E-state index is -0.845. The van der Waals surface area contributed by atoms with Crippen LogP contribution in [-0.2, 0) is 14.3 Å². The van der Waals surface area contributed by atoms with Crippen molar-refractivity contribution in [3.63, 3.8) is 0 Å². The smallest absolute Gasteiger partial charge is 0.333 e. The second-order valence-electron chi connectivity index (χ2n) is 3.74. The van der Waals surface area contributed by atoms with Crippen LogP contribution in [0.4, 0.5) is 0 Å². The quantitative estimate of drug-likeness (QED) is 0.465. The fourth-order valence-corrected chi connectivity index (χ4v) is 0.664. The Labute approximate surface area is 109 Å². The molecule has 0 aliphatic carbocycles. The number of aliphatic carboxylic acids is 1. The molecule has 0 rings (SSSR count). The SMILES string of the molecule is CC=C(C)C(=O)O.CC=C(C)C(=O)OCCCC. The first-order valence-corrected chi connectivity index (χ1v) is 6.06. The third-order valence-corrected chi connectivity index (χ3v) is 2.26. The van der Waals surface area contributed by atoms with Gasteiger partial charge in [-0.1, -0.05) is 25.5 Å². The molecule has 0 heterocycles. The van der Waals surface area contributed by atoms with Crippen LogP contribution in [0.25, 0.3) is 0 Å². The maximum absolute atomic E-state index is 11.0. The molecular weight excluding hydrogens is 232 g/mol. The molecule has 0 atom stereocenters. The number of carboxylic acid groups (broad SMARTS) is 1. The van der Waals surface area contributed by atoms with Crippen molar-refractivity contribution in [1.82, 2.24) is 0 Å². The Hall–Kier alpha value is -1.58. The number of hydrogen-bond donors (Lipinski definition) is 1. The molecule has 0 saturated heterocycles. The summed E-state index contributed by atoms with van der Waals surface area (Å²) in [4.78, 5) is 20.8. The van der Waals surface area contributed by atoms with Crippen molar-refractivity contribution in [2.24, 2.45) is 0 Å². The first kappa shape index (κ1) is 18.8. The zero-order valence-corrected chi connectivity index (χ0v) is 11.9. The number of rotatable bonds is 5. The third-order valence-electron chi connectivity index (χ3n) is 2.26. The van der Waals surface area contributed by atoms with Crippen LogP contribution < -0.4 is 0 Å². The van der Waals surface area contributed by atoms with Crippen LogP contribution in [0.5, 0.6) is 0 Å². The molecule has 0 spiro atoms. The minimum absolute atomic E-state index is 0.194. The Morgan fingerprint density at radius 1 is 1.11 bits per heavy atom. The molecule has 0 aromatic heterocycles. The van der Waals surface area contributed by atoms with Gasteiger partial charge in [0.2, 0.25) is 0 Å². The molecule has 0 aliphatic rings. The van der Waals surface area contributed by atoms with Gasteiger partial charge in [-0.25, -0.2) is 9.59 Å². The number of carbonyl (C=O) groups excluding carboxylic acids is 1. The average Bonchev–Trinajstić information content (AvgIpc) is 2.37. The molecule has 0 radical (unpaired) electrons. The highest BCUT2D eigenvalue weighted by molar-refractivity contribution is 5.87. The lowest BCUT2D eigenvalue weighted by molar-refractivity contribution is -0.139. The van der Waals surface area contributed by atoms with Gasteiger partial charge in [-0.05, 0) is 34.1 Å². The maximum atomic E-state index is 11.0. The molecular formula is C14H24O4. The Morgan fingerprint density at radius 2 is 1.61 bits per heavy atom. The summed E-state index contributed by atoms with van der Waals surface area (Å²) in [7, 11) is 0. The van der Waals surface area contributed by atoms with Gasteiger partial charge >= 0.3 is 11.9 Å². The van der Waals surface area contributed by atoms with Gasteiger partial charge in [0.15, 0.2) is 0 Å². The van der Waals surface area contributed by atoms with Gasteiger partial charge in [0, 0.05) is 11.1 Å². The van der Waals surface area contributed by atoms with Crippen molar-refractivity contribution in [2.75, 3.05) is 6.61 Å². The lowest BCUT2D eigenvalue weighted by Crippen LogP contribution is -2.06. The van der Waals surface area contributed by atoms with Crippen molar-refractivity contribution in [3.05, 3.63) is 23.3 Å². The molecule has 0 aromatic carbocycles. The standard InChI is InChI=1S/C9H16O2.C5H8O2/c1-4-6-7-11-9(10)8(3)5-2;1-3-4(2)5(6)7/h5H,4,6-7H2,1-3H3;3H,1-2H3,(H,6,7). The normalized spacial score (nSPS) is 11.4. The van der Waals surface area contributed by atoms with Gasteiger partial charge in [-0.2, -0.15) is 0 Å². The van der Waals surface area contributed by atoms with Gasteiger partial charge < -0.3 is 9.84 Å². The van der Waals surface area contributed by atoms with Crippen LogP contribution in [0.15, 0.2) is 23.3 Å². The second-order valence-corrected chi connectivity index (χ2v) is 3.74. The highest BCUT2D eigenvalue weighted by Crippen LogP contribution is 1.97. The Kier molecular flexibility index (Phi) is 12.4. The summed E-state index contributed by atoms with van der Waals surface area (Å²) in [5.74, 6) is -1.04. The first-order valence-electron chi connectivity index (χ1n) is 6.06. The number of ether oxygens (including phenoxy) is 1. The molecule has 1 N–H and O–H groups in total. The number of allylic oxidation sites excluding steroid dienone is 2. The summed E-state index contributed by atoms with van der Waals surface area (Å²) in [5.41, 5.74) is 1.07. The molecule has 0 fully saturated rings. The van der Waals surface area contributed by atoms with Gasteiger partial charge in [-0.15, -0.1) is 0 Å². The average molecular weight is 256 g/mol. The molecule has 4 heteroatoms. The van der Waals surface area contributed by atoms with Crippen molar-refractivity contribution < 1.29 is 19.4 Å². The van der Waals surface area contributed by atoms with E-state index in [2.05, 4.69) is 6.92 Å². The number of hydrogen-bond acceptors (Lipinski definition) is 3. The maximum Gasteiger partial charge on any atom is 0.333 e. The molecule has 0 aliphatic heterocycles. The summed E-state index contributed by atoms with van der Waals surface area (Å²) in [6, 6.07) is 0. The van der Waals surface area contributed by atoms with E-state index >= 15 is 0 Å². The zero-order chi connectivity index (χ0) is 14.6. The fourth-order valence-electron chi connectivity index (χ4n) is 0.664. The van der Waals surface area contributed by atoms with Crippen molar-refractivity contribution in [1.29, 1.82) is 0 Å². The highest BCUT2D eigenvalue weighted by Gasteiger charge is 2.02. The summed E-state index contributed by atoms with van der Waals surface area (Å²) in [6.45, 7) is 9.45. The van der Waals surface area contributed by atoms with Crippen LogP contribution in [0.3, 0.4) is 0 Å². The monoisotopic (exact) mass is 256 g/mol. The lowest BCUT2D eigenvalue weighted by Gasteiger charge is -2.02. The van der Waals surface area contributed by atoms with E-state index in [1.807, 2.05) is 6.92 Å². The van der Waals surface area contributed by atoms with Crippen molar-refractivity contribution in [2.45, 2.75) is 47.5 Å². The summed E-state index contributed by atoms with van der Waals surface area (Å²) < 4.78 is 4.93. The number of esters is 1. The van der Waals surface area contributed by atoms with Crippen LogP contribution in [0.2, 0.25) is 0 Å². The summed E-state index contributed by atoms with van der Waals surface area (Å²) in [6.07, 6.45) is 5.32. The number of unbranched alkanes of at least 4 members (excludes halogenated alkanes) is 1. The van der Waals surface area contributed by atoms with E-state index in [0.717, 1.165) is 12.8 Å². The van der Waals surface area contributed by atoms with E-state index in [1.54, 1.807) is 32.9 Å². The van der Waals surface area contributed by atoms with Crippen molar-refractivity contribution in [3.8, 4) is 0 Å². The topological polar surface area (TPSA) is 63.6 Å². The highest BCUT2D eigenvalue weighted by atomic mass is 16.5. The minimum Gasteiger partial charge on any atom is -0.478 e. The third kappa shape index (κ3) is 10.9. The summed E-state index contributed by atoms with van der Waals surface area (Å²) in [5, 5.41) is 8.11. The van der Waals surface area contributed by atoms with Gasteiger partial charge in [0.05, 0.1) is 6.61 Å². The Morgan fingerprint density at radius 3 is 1.89 bits per heavy atom. The Bertz CT molecular complexity index is 314. The van der Waals surface area contributed by atoms with E-state index in [9.17, 15) is 9.59 Å². The fraction of sp³-hybridized carbons (Fsp3) is 0.571. The van der Waals surface area contributed by atoms with E-state index in [4.69, 9.17) is 9.84 Å². The van der Waals surface area contributed by atoms with Crippen LogP contribution in [0, 0.1) is 0 Å². The first-order chi connectivity index (χ1) is 8.40. The Balaban J connectivity index is 0. The van der Waals surface area contributed by atoms with Gasteiger partial charge in [-0.3, -0.25) is 0 Å². The summed E-state index contributed by atoms with van der Waals surface area (Å²) >= 11 is 0. The molecule has 0 saturated carbocycles. The van der Waals surface area contributed by atoms with Gasteiger partial charge in [0.1, 0.15) is 0 Å². The van der Waals surface area contributed by atoms with Crippen LogP contribution in [0.1, 0.15) is 47.5 Å². The molecule has 4 nitrogen and oxygen atoms in total. The number of carboxylic acids is 1. The number of carbonyl (C=O) groups is 2. The van der Waals surface area contributed by atoms with Crippen LogP contribution >= 0.6 is 0 Å². The predicted octanol–water partition coefficient (Wildman–Crippen LogP) is 3.33. The van der Waals surface area contributed by atoms with E-state index in [1.165, 1.54) is 0 Å². The predicted molar refractivity (Wildman–Crippen MR) is 72.4 cm³/mol. The van der Waals surface area contributed by atoms with E-state index in [0.29, 0.717) is 17.8 Å². The largest absolute Gasteiger partial charge is 0.478 e. The van der Waals surface area contributed by atoms with Crippen LogP contribution in [-0.4, -0.2) is 23.7 Å². The molecule has 18 heavy (non-hydrogen) atoms. The van der Waals surface area contributed by atoms with Gasteiger partial charge in [0.25, 0.3) is 0 Å². The second kappa shape index (κ2) is 11.9. The van der Waals surface area contributed by atoms with Crippen molar-refractivity contribution >= 4 is 11.9 Å². The van der Waals surface area contributed by atoms with E-state index < -0.39 is 5.97 Å². The van der Waals surface area contributed by atoms with E-state index in [-0.39, 0.29) is 5.97 Å². The molecule has 0 amide bonds. The molecule has 0 unspecified atom stereocenters.